The van der Waals surface area contributed by atoms with Gasteiger partial charge in [0.05, 0.1) is 12.3 Å². The standard InChI is InChI=1S/C25H21N3O5/c1-3-33-18-11-9-17(10-12-18)28-24(31)20-13-8-16(14-21(20)25(28)32)22(29)26-27-23(30)19-7-5-4-6-15(19)2/h4-14,31-32H,3H2,1-2H3. The van der Waals surface area contributed by atoms with Gasteiger partial charge < -0.3 is 14.9 Å². The quantitative estimate of drug-likeness (QED) is 0.413. The molecule has 8 nitrogen and oxygen atoms in total. The number of ether oxygens (including phenoxy) is 1. The Morgan fingerprint density at radius 2 is 1.55 bits per heavy atom. The highest BCUT2D eigenvalue weighted by molar-refractivity contribution is 6.03. The lowest BCUT2D eigenvalue weighted by Crippen LogP contribution is -1.99. The van der Waals surface area contributed by atoms with E-state index in [0.29, 0.717) is 29.0 Å². The molecule has 4 rings (SSSR count). The first kappa shape index (κ1) is 21.8. The number of azo groups is 1. The van der Waals surface area contributed by atoms with Gasteiger partial charge in [-0.25, -0.2) is 0 Å². The number of carbonyl (C=O) groups is 2. The molecule has 0 aliphatic rings. The van der Waals surface area contributed by atoms with Gasteiger partial charge in [-0.15, -0.1) is 10.2 Å². The van der Waals surface area contributed by atoms with E-state index in [1.54, 1.807) is 55.5 Å². The van der Waals surface area contributed by atoms with Gasteiger partial charge in [-0.1, -0.05) is 18.2 Å². The van der Waals surface area contributed by atoms with E-state index in [4.69, 9.17) is 4.74 Å². The highest BCUT2D eigenvalue weighted by atomic mass is 16.5. The smallest absolute Gasteiger partial charge is 0.295 e. The van der Waals surface area contributed by atoms with Crippen LogP contribution in [0.3, 0.4) is 0 Å². The maximum atomic E-state index is 12.5. The fraction of sp³-hybridized carbons (Fsp3) is 0.120. The van der Waals surface area contributed by atoms with Gasteiger partial charge in [-0.3, -0.25) is 14.2 Å². The number of amides is 2. The molecule has 0 aliphatic carbocycles. The number of hydrogen-bond acceptors (Lipinski definition) is 5. The fourth-order valence-electron chi connectivity index (χ4n) is 3.52. The van der Waals surface area contributed by atoms with Gasteiger partial charge >= 0.3 is 0 Å². The van der Waals surface area contributed by atoms with Gasteiger partial charge in [-0.2, -0.15) is 0 Å². The zero-order chi connectivity index (χ0) is 23.5. The lowest BCUT2D eigenvalue weighted by Gasteiger charge is -2.08. The summed E-state index contributed by atoms with van der Waals surface area (Å²) in [6.07, 6.45) is 0. The summed E-state index contributed by atoms with van der Waals surface area (Å²) in [5, 5.41) is 29.1. The minimum Gasteiger partial charge on any atom is -0.494 e. The molecule has 4 aromatic rings. The minimum atomic E-state index is -0.744. The second-order valence-corrected chi connectivity index (χ2v) is 7.30. The molecule has 0 radical (unpaired) electrons. The third kappa shape index (κ3) is 4.18. The highest BCUT2D eigenvalue weighted by Gasteiger charge is 2.19. The highest BCUT2D eigenvalue weighted by Crippen LogP contribution is 2.39. The predicted molar refractivity (Wildman–Crippen MR) is 122 cm³/mol. The number of fused-ring (bicyclic) bond motifs is 1. The van der Waals surface area contributed by atoms with E-state index in [1.165, 1.54) is 22.8 Å². The summed E-state index contributed by atoms with van der Waals surface area (Å²) < 4.78 is 6.68. The molecule has 3 aromatic carbocycles. The molecular weight excluding hydrogens is 422 g/mol. The maximum absolute atomic E-state index is 12.5. The van der Waals surface area contributed by atoms with Crippen molar-refractivity contribution in [2.75, 3.05) is 6.61 Å². The number of carbonyl (C=O) groups excluding carboxylic acids is 2. The Kier molecular flexibility index (Phi) is 5.91. The van der Waals surface area contributed by atoms with E-state index in [-0.39, 0.29) is 22.7 Å². The Labute approximate surface area is 189 Å². The summed E-state index contributed by atoms with van der Waals surface area (Å²) in [5.41, 5.74) is 1.72. The second-order valence-electron chi connectivity index (χ2n) is 7.30. The number of aryl methyl sites for hydroxylation is 1. The summed E-state index contributed by atoms with van der Waals surface area (Å²) >= 11 is 0. The SMILES string of the molecule is CCOc1ccc(-n2c(O)c3ccc(C(=O)N=NC(=O)c4ccccc4C)cc3c2O)cc1. The Bertz CT molecular complexity index is 1390. The lowest BCUT2D eigenvalue weighted by molar-refractivity contribution is 0.0946. The number of aromatic nitrogens is 1. The Balaban J connectivity index is 1.64. The predicted octanol–water partition coefficient (Wildman–Crippen LogP) is 5.18. The van der Waals surface area contributed by atoms with Crippen molar-refractivity contribution in [3.05, 3.63) is 83.4 Å². The number of aromatic hydroxyl groups is 2. The molecule has 33 heavy (non-hydrogen) atoms. The Hall–Kier alpha value is -4.46. The summed E-state index contributed by atoms with van der Waals surface area (Å²) in [6, 6.07) is 18.1. The molecule has 0 saturated heterocycles. The summed E-state index contributed by atoms with van der Waals surface area (Å²) in [7, 11) is 0. The third-order valence-electron chi connectivity index (χ3n) is 5.18. The fourth-order valence-corrected chi connectivity index (χ4v) is 3.52. The van der Waals surface area contributed by atoms with Gasteiger partial charge in [0, 0.05) is 21.9 Å². The van der Waals surface area contributed by atoms with Crippen molar-refractivity contribution in [3.8, 4) is 23.2 Å². The topological polar surface area (TPSA) is 113 Å². The average Bonchev–Trinajstić information content (AvgIpc) is 3.07. The monoisotopic (exact) mass is 443 g/mol. The molecule has 0 aliphatic heterocycles. The molecule has 1 aromatic heterocycles. The van der Waals surface area contributed by atoms with Crippen LogP contribution in [0.1, 0.15) is 33.2 Å². The molecule has 0 unspecified atom stereocenters. The van der Waals surface area contributed by atoms with Crippen LogP contribution in [0, 0.1) is 6.92 Å². The van der Waals surface area contributed by atoms with Crippen molar-refractivity contribution < 1.29 is 24.5 Å². The number of benzene rings is 3. The first-order valence-corrected chi connectivity index (χ1v) is 10.3. The molecule has 1 heterocycles. The molecule has 0 atom stereocenters. The van der Waals surface area contributed by atoms with Crippen LogP contribution in [0.2, 0.25) is 0 Å². The van der Waals surface area contributed by atoms with Crippen molar-refractivity contribution in [2.24, 2.45) is 10.2 Å². The van der Waals surface area contributed by atoms with Gasteiger partial charge in [0.25, 0.3) is 11.8 Å². The largest absolute Gasteiger partial charge is 0.494 e. The van der Waals surface area contributed by atoms with Crippen LogP contribution >= 0.6 is 0 Å². The van der Waals surface area contributed by atoms with Crippen LogP contribution < -0.4 is 4.74 Å². The first-order valence-electron chi connectivity index (χ1n) is 10.3. The van der Waals surface area contributed by atoms with Crippen molar-refractivity contribution in [1.29, 1.82) is 0 Å². The van der Waals surface area contributed by atoms with Crippen LogP contribution in [-0.2, 0) is 0 Å². The molecule has 0 saturated carbocycles. The molecule has 8 heteroatoms. The third-order valence-corrected chi connectivity index (χ3v) is 5.18. The summed E-state index contributed by atoms with van der Waals surface area (Å²) in [5.74, 6) is -1.12. The molecule has 2 amide bonds. The van der Waals surface area contributed by atoms with E-state index in [0.717, 1.165) is 5.56 Å². The number of hydrogen-bond donors (Lipinski definition) is 2. The normalized spacial score (nSPS) is 11.2. The zero-order valence-corrected chi connectivity index (χ0v) is 18.0. The van der Waals surface area contributed by atoms with Crippen molar-refractivity contribution >= 4 is 22.6 Å². The lowest BCUT2D eigenvalue weighted by atomic mass is 10.1. The number of rotatable bonds is 5. The van der Waals surface area contributed by atoms with Gasteiger partial charge in [0.2, 0.25) is 11.8 Å². The van der Waals surface area contributed by atoms with Crippen LogP contribution in [-0.4, -0.2) is 33.2 Å². The van der Waals surface area contributed by atoms with Crippen molar-refractivity contribution in [2.45, 2.75) is 13.8 Å². The minimum absolute atomic E-state index is 0.114. The van der Waals surface area contributed by atoms with E-state index in [1.807, 2.05) is 6.92 Å². The molecule has 2 N–H and O–H groups in total. The van der Waals surface area contributed by atoms with Crippen molar-refractivity contribution in [1.82, 2.24) is 4.57 Å². The molecule has 0 bridgehead atoms. The Morgan fingerprint density at radius 1 is 0.879 bits per heavy atom. The van der Waals surface area contributed by atoms with Crippen LogP contribution in [0.5, 0.6) is 17.5 Å². The molecular formula is C25H21N3O5. The van der Waals surface area contributed by atoms with E-state index < -0.39 is 11.8 Å². The molecule has 0 spiro atoms. The van der Waals surface area contributed by atoms with Gasteiger partial charge in [0.1, 0.15) is 5.75 Å². The number of nitrogens with zero attached hydrogens (tertiary/aromatic N) is 3. The zero-order valence-electron chi connectivity index (χ0n) is 18.0. The summed E-state index contributed by atoms with van der Waals surface area (Å²) in [4.78, 5) is 24.7. The average molecular weight is 443 g/mol. The summed E-state index contributed by atoms with van der Waals surface area (Å²) in [6.45, 7) is 4.16. The van der Waals surface area contributed by atoms with E-state index in [9.17, 15) is 19.8 Å². The van der Waals surface area contributed by atoms with Crippen LogP contribution in [0.25, 0.3) is 16.5 Å². The maximum Gasteiger partial charge on any atom is 0.295 e. The molecule has 166 valence electrons. The first-order chi connectivity index (χ1) is 15.9. The van der Waals surface area contributed by atoms with Gasteiger partial charge in [-0.05, 0) is 67.9 Å². The van der Waals surface area contributed by atoms with Crippen molar-refractivity contribution in [3.63, 3.8) is 0 Å². The van der Waals surface area contributed by atoms with Gasteiger partial charge in [0.15, 0.2) is 0 Å². The molecule has 0 fully saturated rings. The van der Waals surface area contributed by atoms with E-state index in [2.05, 4.69) is 10.2 Å². The second kappa shape index (κ2) is 8.96. The van der Waals surface area contributed by atoms with Crippen LogP contribution in [0.4, 0.5) is 0 Å². The van der Waals surface area contributed by atoms with E-state index >= 15 is 0 Å². The van der Waals surface area contributed by atoms with Crippen LogP contribution in [0.15, 0.2) is 77.0 Å². The Morgan fingerprint density at radius 3 is 2.24 bits per heavy atom.